The number of hydrogen-bond acceptors (Lipinski definition) is 3. The van der Waals surface area contributed by atoms with Crippen molar-refractivity contribution in [3.05, 3.63) is 72.2 Å². The highest BCUT2D eigenvalue weighted by Crippen LogP contribution is 2.25. The van der Waals surface area contributed by atoms with E-state index in [4.69, 9.17) is 5.10 Å². The SMILES string of the molecule is CC1CCN(C(=O)c2cn(Cc3ccccc3)nc2-c2cccnc2)CC1. The second-order valence-corrected chi connectivity index (χ2v) is 7.29. The maximum Gasteiger partial charge on any atom is 0.257 e. The van der Waals surface area contributed by atoms with Gasteiger partial charge in [0.2, 0.25) is 0 Å². The fourth-order valence-corrected chi connectivity index (χ4v) is 3.53. The molecule has 27 heavy (non-hydrogen) atoms. The van der Waals surface area contributed by atoms with E-state index in [2.05, 4.69) is 24.0 Å². The van der Waals surface area contributed by atoms with E-state index < -0.39 is 0 Å². The molecule has 0 spiro atoms. The molecule has 3 heterocycles. The summed E-state index contributed by atoms with van der Waals surface area (Å²) in [4.78, 5) is 19.4. The van der Waals surface area contributed by atoms with Crippen LogP contribution in [0.3, 0.4) is 0 Å². The van der Waals surface area contributed by atoms with Crippen molar-refractivity contribution in [1.29, 1.82) is 0 Å². The minimum Gasteiger partial charge on any atom is -0.339 e. The molecule has 3 aromatic rings. The van der Waals surface area contributed by atoms with Crippen molar-refractivity contribution in [2.75, 3.05) is 13.1 Å². The van der Waals surface area contributed by atoms with Crippen molar-refractivity contribution in [3.63, 3.8) is 0 Å². The Bertz CT molecular complexity index is 897. The molecule has 0 atom stereocenters. The second kappa shape index (κ2) is 7.74. The predicted octanol–water partition coefficient (Wildman–Crippen LogP) is 3.87. The molecule has 5 heteroatoms. The zero-order valence-corrected chi connectivity index (χ0v) is 15.6. The van der Waals surface area contributed by atoms with Crippen LogP contribution in [-0.4, -0.2) is 38.7 Å². The van der Waals surface area contributed by atoms with E-state index in [-0.39, 0.29) is 5.91 Å². The Kier molecular flexibility index (Phi) is 5.01. The topological polar surface area (TPSA) is 51.0 Å². The monoisotopic (exact) mass is 360 g/mol. The van der Waals surface area contributed by atoms with Crippen LogP contribution in [0, 0.1) is 5.92 Å². The average molecular weight is 360 g/mol. The predicted molar refractivity (Wildman–Crippen MR) is 105 cm³/mol. The Morgan fingerprint density at radius 1 is 1.11 bits per heavy atom. The van der Waals surface area contributed by atoms with Gasteiger partial charge in [0.05, 0.1) is 12.1 Å². The maximum atomic E-state index is 13.2. The summed E-state index contributed by atoms with van der Waals surface area (Å²) in [7, 11) is 0. The first-order valence-electron chi connectivity index (χ1n) is 9.52. The number of nitrogens with zero attached hydrogens (tertiary/aromatic N) is 4. The molecular formula is C22H24N4O. The van der Waals surface area contributed by atoms with Crippen molar-refractivity contribution in [3.8, 4) is 11.3 Å². The minimum atomic E-state index is 0.0695. The summed E-state index contributed by atoms with van der Waals surface area (Å²) >= 11 is 0. The zero-order chi connectivity index (χ0) is 18.6. The van der Waals surface area contributed by atoms with Crippen molar-refractivity contribution in [1.82, 2.24) is 19.7 Å². The highest BCUT2D eigenvalue weighted by Gasteiger charge is 2.26. The van der Waals surface area contributed by atoms with Crippen molar-refractivity contribution >= 4 is 5.91 Å². The van der Waals surface area contributed by atoms with Crippen LogP contribution in [0.1, 0.15) is 35.7 Å². The van der Waals surface area contributed by atoms with Gasteiger partial charge in [0.15, 0.2) is 0 Å². The van der Waals surface area contributed by atoms with Crippen molar-refractivity contribution < 1.29 is 4.79 Å². The largest absolute Gasteiger partial charge is 0.339 e. The quantitative estimate of drug-likeness (QED) is 0.710. The Hall–Kier alpha value is -2.95. The number of carbonyl (C=O) groups excluding carboxylic acids is 1. The zero-order valence-electron chi connectivity index (χ0n) is 15.6. The Morgan fingerprint density at radius 3 is 2.59 bits per heavy atom. The molecule has 0 aliphatic carbocycles. The molecule has 0 saturated carbocycles. The lowest BCUT2D eigenvalue weighted by Crippen LogP contribution is -2.38. The summed E-state index contributed by atoms with van der Waals surface area (Å²) in [5.41, 5.74) is 3.40. The van der Waals surface area contributed by atoms with Crippen LogP contribution in [0.5, 0.6) is 0 Å². The van der Waals surface area contributed by atoms with E-state index in [1.807, 2.05) is 46.1 Å². The number of piperidine rings is 1. The van der Waals surface area contributed by atoms with Gasteiger partial charge in [-0.1, -0.05) is 37.3 Å². The fraction of sp³-hybridized carbons (Fsp3) is 0.318. The average Bonchev–Trinajstić information content (AvgIpc) is 3.13. The molecule has 4 rings (SSSR count). The molecule has 1 saturated heterocycles. The third kappa shape index (κ3) is 3.92. The summed E-state index contributed by atoms with van der Waals surface area (Å²) in [6.07, 6.45) is 7.51. The Labute approximate surface area is 159 Å². The molecule has 1 amide bonds. The van der Waals surface area contributed by atoms with Crippen LogP contribution in [-0.2, 0) is 6.54 Å². The van der Waals surface area contributed by atoms with Gasteiger partial charge in [-0.15, -0.1) is 0 Å². The molecule has 138 valence electrons. The summed E-state index contributed by atoms with van der Waals surface area (Å²) in [6, 6.07) is 14.0. The summed E-state index contributed by atoms with van der Waals surface area (Å²) in [5, 5.41) is 4.74. The molecule has 0 N–H and O–H groups in total. The molecule has 2 aromatic heterocycles. The molecule has 0 unspecified atom stereocenters. The van der Waals surface area contributed by atoms with E-state index in [1.54, 1.807) is 12.4 Å². The van der Waals surface area contributed by atoms with E-state index in [1.165, 1.54) is 0 Å². The van der Waals surface area contributed by atoms with E-state index >= 15 is 0 Å². The van der Waals surface area contributed by atoms with Gasteiger partial charge < -0.3 is 4.90 Å². The summed E-state index contributed by atoms with van der Waals surface area (Å²) in [5.74, 6) is 0.757. The number of likely N-dealkylation sites (tertiary alicyclic amines) is 1. The third-order valence-corrected chi connectivity index (χ3v) is 5.19. The van der Waals surface area contributed by atoms with E-state index in [0.717, 1.165) is 37.1 Å². The standard InChI is InChI=1S/C22H24N4O/c1-17-9-12-25(13-10-17)22(27)20-16-26(15-18-6-3-2-4-7-18)24-21(20)19-8-5-11-23-14-19/h2-8,11,14,16-17H,9-10,12-13,15H2,1H3. The number of carbonyl (C=O) groups is 1. The Balaban J connectivity index is 1.67. The molecule has 1 aliphatic heterocycles. The Morgan fingerprint density at radius 2 is 1.89 bits per heavy atom. The third-order valence-electron chi connectivity index (χ3n) is 5.19. The highest BCUT2D eigenvalue weighted by molar-refractivity contribution is 5.99. The highest BCUT2D eigenvalue weighted by atomic mass is 16.2. The smallest absolute Gasteiger partial charge is 0.257 e. The molecule has 1 aromatic carbocycles. The van der Waals surface area contributed by atoms with Crippen LogP contribution < -0.4 is 0 Å². The van der Waals surface area contributed by atoms with Crippen molar-refractivity contribution in [2.45, 2.75) is 26.3 Å². The van der Waals surface area contributed by atoms with E-state index in [9.17, 15) is 4.79 Å². The second-order valence-electron chi connectivity index (χ2n) is 7.29. The minimum absolute atomic E-state index is 0.0695. The maximum absolute atomic E-state index is 13.2. The summed E-state index contributed by atoms with van der Waals surface area (Å²) < 4.78 is 1.86. The molecular weight excluding hydrogens is 336 g/mol. The molecule has 1 fully saturated rings. The number of amides is 1. The van der Waals surface area contributed by atoms with E-state index in [0.29, 0.717) is 23.7 Å². The lowest BCUT2D eigenvalue weighted by atomic mass is 9.98. The van der Waals surface area contributed by atoms with Gasteiger partial charge in [-0.05, 0) is 36.5 Å². The number of pyridine rings is 1. The number of benzene rings is 1. The van der Waals surface area contributed by atoms with Gasteiger partial charge in [-0.3, -0.25) is 14.5 Å². The summed E-state index contributed by atoms with van der Waals surface area (Å²) in [6.45, 7) is 4.52. The van der Waals surface area contributed by atoms with Crippen LogP contribution in [0.2, 0.25) is 0 Å². The fourth-order valence-electron chi connectivity index (χ4n) is 3.53. The van der Waals surface area contributed by atoms with Gasteiger partial charge >= 0.3 is 0 Å². The lowest BCUT2D eigenvalue weighted by molar-refractivity contribution is 0.0698. The lowest BCUT2D eigenvalue weighted by Gasteiger charge is -2.30. The number of aromatic nitrogens is 3. The van der Waals surface area contributed by atoms with Crippen LogP contribution in [0.25, 0.3) is 11.3 Å². The van der Waals surface area contributed by atoms with Gasteiger partial charge in [0.25, 0.3) is 5.91 Å². The van der Waals surface area contributed by atoms with Crippen LogP contribution >= 0.6 is 0 Å². The van der Waals surface area contributed by atoms with Gasteiger partial charge in [0, 0.05) is 37.2 Å². The van der Waals surface area contributed by atoms with Gasteiger partial charge in [-0.25, -0.2) is 0 Å². The number of rotatable bonds is 4. The van der Waals surface area contributed by atoms with Gasteiger partial charge in [0.1, 0.15) is 5.69 Å². The van der Waals surface area contributed by atoms with Crippen LogP contribution in [0.15, 0.2) is 61.1 Å². The molecule has 5 nitrogen and oxygen atoms in total. The van der Waals surface area contributed by atoms with Gasteiger partial charge in [-0.2, -0.15) is 5.10 Å². The number of hydrogen-bond donors (Lipinski definition) is 0. The first kappa shape index (κ1) is 17.5. The van der Waals surface area contributed by atoms with Crippen LogP contribution in [0.4, 0.5) is 0 Å². The first-order chi connectivity index (χ1) is 13.2. The normalized spacial score (nSPS) is 15.1. The first-order valence-corrected chi connectivity index (χ1v) is 9.52. The van der Waals surface area contributed by atoms with Crippen molar-refractivity contribution in [2.24, 2.45) is 5.92 Å². The molecule has 0 bridgehead atoms. The molecule has 1 aliphatic rings. The molecule has 0 radical (unpaired) electrons.